The molecule has 5 nitrogen and oxygen atoms in total. The zero-order valence-corrected chi connectivity index (χ0v) is 14.6. The largest absolute Gasteiger partial charge is 0.347 e. The molecule has 1 saturated heterocycles. The molecule has 23 heavy (non-hydrogen) atoms. The highest BCUT2D eigenvalue weighted by Crippen LogP contribution is 2.23. The summed E-state index contributed by atoms with van der Waals surface area (Å²) in [6, 6.07) is 4.97. The standard InChI is InChI=1S/C17H24ClN3O2/c1-4-17(2,3)21-16(23)13-6-5-12(9-14(13)18)20-15(22)11-7-8-19-10-11/h5-6,9,11,19H,4,7-8,10H2,1-3H3,(H,20,22)(H,21,23). The van der Waals surface area contributed by atoms with Crippen molar-refractivity contribution in [3.63, 3.8) is 0 Å². The third-order valence-electron chi connectivity index (χ3n) is 4.25. The fraction of sp³-hybridized carbons (Fsp3) is 0.529. The number of carbonyl (C=O) groups is 2. The number of hydrogen-bond donors (Lipinski definition) is 3. The Morgan fingerprint density at radius 1 is 1.39 bits per heavy atom. The zero-order valence-electron chi connectivity index (χ0n) is 13.8. The second-order valence-electron chi connectivity index (χ2n) is 6.57. The predicted molar refractivity (Wildman–Crippen MR) is 92.9 cm³/mol. The molecule has 1 atom stereocenters. The van der Waals surface area contributed by atoms with Gasteiger partial charge in [-0.25, -0.2) is 0 Å². The molecule has 0 radical (unpaired) electrons. The van der Waals surface area contributed by atoms with Crippen molar-refractivity contribution >= 4 is 29.1 Å². The van der Waals surface area contributed by atoms with Gasteiger partial charge in [-0.3, -0.25) is 9.59 Å². The monoisotopic (exact) mass is 337 g/mol. The van der Waals surface area contributed by atoms with Crippen LogP contribution in [0, 0.1) is 5.92 Å². The van der Waals surface area contributed by atoms with Crippen molar-refractivity contribution in [1.82, 2.24) is 10.6 Å². The van der Waals surface area contributed by atoms with Gasteiger partial charge < -0.3 is 16.0 Å². The van der Waals surface area contributed by atoms with E-state index in [1.807, 2.05) is 20.8 Å². The van der Waals surface area contributed by atoms with Crippen LogP contribution in [0.15, 0.2) is 18.2 Å². The molecular weight excluding hydrogens is 314 g/mol. The first-order valence-electron chi connectivity index (χ1n) is 7.96. The van der Waals surface area contributed by atoms with E-state index in [2.05, 4.69) is 16.0 Å². The Hall–Kier alpha value is -1.59. The number of benzene rings is 1. The van der Waals surface area contributed by atoms with Gasteiger partial charge in [0.25, 0.3) is 5.91 Å². The predicted octanol–water partition coefficient (Wildman–Crippen LogP) is 2.81. The van der Waals surface area contributed by atoms with Crippen molar-refractivity contribution in [3.05, 3.63) is 28.8 Å². The molecule has 0 aromatic heterocycles. The maximum atomic E-state index is 12.3. The number of amides is 2. The quantitative estimate of drug-likeness (QED) is 0.773. The molecule has 1 unspecified atom stereocenters. The van der Waals surface area contributed by atoms with Crippen LogP contribution in [0.1, 0.15) is 44.0 Å². The summed E-state index contributed by atoms with van der Waals surface area (Å²) in [6.45, 7) is 7.50. The van der Waals surface area contributed by atoms with Gasteiger partial charge in [-0.1, -0.05) is 18.5 Å². The summed E-state index contributed by atoms with van der Waals surface area (Å²) in [5.74, 6) is -0.239. The van der Waals surface area contributed by atoms with Crippen molar-refractivity contribution in [1.29, 1.82) is 0 Å². The average Bonchev–Trinajstić information content (AvgIpc) is 3.01. The number of rotatable bonds is 5. The lowest BCUT2D eigenvalue weighted by Crippen LogP contribution is -2.42. The van der Waals surface area contributed by atoms with Crippen molar-refractivity contribution < 1.29 is 9.59 Å². The van der Waals surface area contributed by atoms with Gasteiger partial charge in [0.15, 0.2) is 0 Å². The first-order valence-corrected chi connectivity index (χ1v) is 8.34. The van der Waals surface area contributed by atoms with Crippen LogP contribution in [0.5, 0.6) is 0 Å². The molecule has 2 amide bonds. The normalized spacial score (nSPS) is 17.8. The summed E-state index contributed by atoms with van der Waals surface area (Å²) in [5, 5.41) is 9.30. The number of anilines is 1. The lowest BCUT2D eigenvalue weighted by Gasteiger charge is -2.24. The summed E-state index contributed by atoms with van der Waals surface area (Å²) in [4.78, 5) is 24.4. The lowest BCUT2D eigenvalue weighted by atomic mass is 10.0. The van der Waals surface area contributed by atoms with Crippen molar-refractivity contribution in [2.45, 2.75) is 39.2 Å². The van der Waals surface area contributed by atoms with Crippen molar-refractivity contribution in [2.75, 3.05) is 18.4 Å². The minimum absolute atomic E-state index is 0.0119. The van der Waals surface area contributed by atoms with E-state index in [4.69, 9.17) is 11.6 Å². The Balaban J connectivity index is 2.05. The molecule has 1 aromatic carbocycles. The summed E-state index contributed by atoms with van der Waals surface area (Å²) >= 11 is 6.21. The Kier molecular flexibility index (Phi) is 5.65. The summed E-state index contributed by atoms with van der Waals surface area (Å²) in [5.41, 5.74) is 0.731. The fourth-order valence-electron chi connectivity index (χ4n) is 2.36. The fourth-order valence-corrected chi connectivity index (χ4v) is 2.63. The molecule has 3 N–H and O–H groups in total. The second-order valence-corrected chi connectivity index (χ2v) is 6.97. The maximum Gasteiger partial charge on any atom is 0.253 e. The summed E-state index contributed by atoms with van der Waals surface area (Å²) in [7, 11) is 0. The molecule has 1 fully saturated rings. The zero-order chi connectivity index (χ0) is 17.0. The van der Waals surface area contributed by atoms with Gasteiger partial charge in [-0.15, -0.1) is 0 Å². The van der Waals surface area contributed by atoms with Gasteiger partial charge in [-0.2, -0.15) is 0 Å². The Morgan fingerprint density at radius 3 is 2.70 bits per heavy atom. The molecule has 6 heteroatoms. The minimum atomic E-state index is -0.289. The van der Waals surface area contributed by atoms with Crippen LogP contribution in [-0.4, -0.2) is 30.4 Å². The van der Waals surface area contributed by atoms with Crippen molar-refractivity contribution in [3.8, 4) is 0 Å². The molecule has 0 aliphatic carbocycles. The van der Waals surface area contributed by atoms with Gasteiger partial charge in [-0.05, 0) is 51.4 Å². The molecule has 0 saturated carbocycles. The molecule has 1 heterocycles. The van der Waals surface area contributed by atoms with E-state index in [0.717, 1.165) is 19.4 Å². The van der Waals surface area contributed by atoms with Gasteiger partial charge in [0, 0.05) is 17.8 Å². The molecule has 0 bridgehead atoms. The highest BCUT2D eigenvalue weighted by atomic mass is 35.5. The third kappa shape index (κ3) is 4.69. The molecule has 0 spiro atoms. The number of hydrogen-bond acceptors (Lipinski definition) is 3. The maximum absolute atomic E-state index is 12.3. The Labute approximate surface area is 142 Å². The SMILES string of the molecule is CCC(C)(C)NC(=O)c1ccc(NC(=O)C2CCNC2)cc1Cl. The van der Waals surface area contributed by atoms with Crippen LogP contribution >= 0.6 is 11.6 Å². The average molecular weight is 338 g/mol. The van der Waals surface area contributed by atoms with E-state index in [1.165, 1.54) is 0 Å². The minimum Gasteiger partial charge on any atom is -0.347 e. The highest BCUT2D eigenvalue weighted by molar-refractivity contribution is 6.34. The third-order valence-corrected chi connectivity index (χ3v) is 4.56. The lowest BCUT2D eigenvalue weighted by molar-refractivity contribution is -0.119. The molecule has 126 valence electrons. The molecular formula is C17H24ClN3O2. The molecule has 1 aromatic rings. The van der Waals surface area contributed by atoms with Crippen LogP contribution in [-0.2, 0) is 4.79 Å². The first kappa shape index (κ1) is 17.8. The van der Waals surface area contributed by atoms with Crippen molar-refractivity contribution in [2.24, 2.45) is 5.92 Å². The van der Waals surface area contributed by atoms with E-state index in [0.29, 0.717) is 22.8 Å². The molecule has 1 aliphatic rings. The van der Waals surface area contributed by atoms with E-state index in [9.17, 15) is 9.59 Å². The van der Waals surface area contributed by atoms with E-state index < -0.39 is 0 Å². The van der Waals surface area contributed by atoms with Crippen LogP contribution in [0.25, 0.3) is 0 Å². The van der Waals surface area contributed by atoms with Crippen LogP contribution in [0.3, 0.4) is 0 Å². The van der Waals surface area contributed by atoms with Crippen LogP contribution in [0.4, 0.5) is 5.69 Å². The van der Waals surface area contributed by atoms with Crippen LogP contribution < -0.4 is 16.0 Å². The molecule has 1 aliphatic heterocycles. The molecule has 2 rings (SSSR count). The van der Waals surface area contributed by atoms with Gasteiger partial charge in [0.05, 0.1) is 16.5 Å². The van der Waals surface area contributed by atoms with E-state index in [-0.39, 0.29) is 23.3 Å². The van der Waals surface area contributed by atoms with Crippen LogP contribution in [0.2, 0.25) is 5.02 Å². The topological polar surface area (TPSA) is 70.2 Å². The smallest absolute Gasteiger partial charge is 0.253 e. The highest BCUT2D eigenvalue weighted by Gasteiger charge is 2.23. The summed E-state index contributed by atoms with van der Waals surface area (Å²) in [6.07, 6.45) is 1.66. The summed E-state index contributed by atoms with van der Waals surface area (Å²) < 4.78 is 0. The van der Waals surface area contributed by atoms with E-state index >= 15 is 0 Å². The number of halogens is 1. The Morgan fingerprint density at radius 2 is 2.13 bits per heavy atom. The van der Waals surface area contributed by atoms with E-state index in [1.54, 1.807) is 18.2 Å². The number of nitrogens with one attached hydrogen (secondary N) is 3. The second kappa shape index (κ2) is 7.32. The van der Waals surface area contributed by atoms with Gasteiger partial charge in [0.2, 0.25) is 5.91 Å². The Bertz CT molecular complexity index is 596. The van der Waals surface area contributed by atoms with Gasteiger partial charge >= 0.3 is 0 Å². The van der Waals surface area contributed by atoms with Gasteiger partial charge in [0.1, 0.15) is 0 Å². The number of carbonyl (C=O) groups excluding carboxylic acids is 2. The first-order chi connectivity index (χ1) is 10.8.